The molecule has 0 radical (unpaired) electrons. The third kappa shape index (κ3) is 3.11. The number of nitrogens with zero attached hydrogens (tertiary/aromatic N) is 2. The molecule has 2 N–H and O–H groups in total. The van der Waals surface area contributed by atoms with Crippen molar-refractivity contribution < 1.29 is 4.52 Å². The van der Waals surface area contributed by atoms with Crippen LogP contribution < -0.4 is 5.73 Å². The number of nitrogens with two attached hydrogens (primary N) is 1. The molecule has 4 nitrogen and oxygen atoms in total. The van der Waals surface area contributed by atoms with E-state index in [2.05, 4.69) is 22.3 Å². The SMILES string of the molecule is Cl.NC1(c2noc(CSc3ccccc3)n2)CCC1. The van der Waals surface area contributed by atoms with Crippen LogP contribution in [-0.4, -0.2) is 10.1 Å². The van der Waals surface area contributed by atoms with Crippen LogP contribution in [0, 0.1) is 0 Å². The van der Waals surface area contributed by atoms with Gasteiger partial charge in [0.15, 0.2) is 5.82 Å². The van der Waals surface area contributed by atoms with Crippen LogP contribution in [0.3, 0.4) is 0 Å². The first-order chi connectivity index (χ1) is 8.76. The molecule has 0 unspecified atom stereocenters. The van der Waals surface area contributed by atoms with Crippen molar-refractivity contribution in [3.63, 3.8) is 0 Å². The smallest absolute Gasteiger partial charge is 0.237 e. The molecule has 0 amide bonds. The molecule has 1 heterocycles. The Hall–Kier alpha value is -1.04. The van der Waals surface area contributed by atoms with E-state index in [4.69, 9.17) is 10.3 Å². The van der Waals surface area contributed by atoms with E-state index in [9.17, 15) is 0 Å². The van der Waals surface area contributed by atoms with E-state index < -0.39 is 0 Å². The second-order valence-electron chi connectivity index (χ2n) is 4.62. The van der Waals surface area contributed by atoms with Gasteiger partial charge in [0, 0.05) is 4.90 Å². The highest BCUT2D eigenvalue weighted by molar-refractivity contribution is 7.98. The number of hydrogen-bond acceptors (Lipinski definition) is 5. The fraction of sp³-hybridized carbons (Fsp3) is 0.385. The highest BCUT2D eigenvalue weighted by Gasteiger charge is 2.38. The van der Waals surface area contributed by atoms with E-state index in [1.165, 1.54) is 4.90 Å². The van der Waals surface area contributed by atoms with Crippen LogP contribution >= 0.6 is 24.2 Å². The van der Waals surface area contributed by atoms with Crippen LogP contribution in [0.5, 0.6) is 0 Å². The van der Waals surface area contributed by atoms with Crippen molar-refractivity contribution in [3.05, 3.63) is 42.0 Å². The van der Waals surface area contributed by atoms with E-state index in [0.717, 1.165) is 19.3 Å². The molecule has 1 aliphatic rings. The van der Waals surface area contributed by atoms with Gasteiger partial charge < -0.3 is 10.3 Å². The summed E-state index contributed by atoms with van der Waals surface area (Å²) in [5, 5.41) is 4.00. The molecule has 0 atom stereocenters. The minimum absolute atomic E-state index is 0. The minimum atomic E-state index is -0.334. The number of halogens is 1. The van der Waals surface area contributed by atoms with Crippen LogP contribution in [0.25, 0.3) is 0 Å². The van der Waals surface area contributed by atoms with Gasteiger partial charge in [-0.2, -0.15) is 4.98 Å². The molecule has 6 heteroatoms. The van der Waals surface area contributed by atoms with Crippen LogP contribution in [-0.2, 0) is 11.3 Å². The Kier molecular flexibility index (Phi) is 4.50. The number of benzene rings is 1. The zero-order valence-electron chi connectivity index (χ0n) is 10.4. The molecule has 1 aromatic heterocycles. The lowest BCUT2D eigenvalue weighted by Crippen LogP contribution is -2.44. The standard InChI is InChI=1S/C13H15N3OS.ClH/c14-13(7-4-8-13)12-15-11(17-16-12)9-18-10-5-2-1-3-6-10;/h1-3,5-6H,4,7-9,14H2;1H. The van der Waals surface area contributed by atoms with E-state index in [-0.39, 0.29) is 17.9 Å². The fourth-order valence-corrected chi connectivity index (χ4v) is 2.72. The quantitative estimate of drug-likeness (QED) is 0.878. The Morgan fingerprint density at radius 1 is 1.26 bits per heavy atom. The van der Waals surface area contributed by atoms with Gasteiger partial charge in [0.1, 0.15) is 0 Å². The molecule has 0 bridgehead atoms. The van der Waals surface area contributed by atoms with Gasteiger partial charge in [-0.3, -0.25) is 0 Å². The lowest BCUT2D eigenvalue weighted by molar-refractivity contribution is 0.229. The highest BCUT2D eigenvalue weighted by atomic mass is 35.5. The van der Waals surface area contributed by atoms with Gasteiger partial charge in [0.2, 0.25) is 5.89 Å². The predicted molar refractivity (Wildman–Crippen MR) is 77.3 cm³/mol. The van der Waals surface area contributed by atoms with Crippen molar-refractivity contribution in [2.75, 3.05) is 0 Å². The monoisotopic (exact) mass is 297 g/mol. The van der Waals surface area contributed by atoms with Crippen LogP contribution in [0.1, 0.15) is 31.0 Å². The number of thioether (sulfide) groups is 1. The summed E-state index contributed by atoms with van der Waals surface area (Å²) in [4.78, 5) is 5.59. The second-order valence-corrected chi connectivity index (χ2v) is 5.67. The van der Waals surface area contributed by atoms with Crippen LogP contribution in [0.15, 0.2) is 39.8 Å². The fourth-order valence-electron chi connectivity index (χ4n) is 1.96. The lowest BCUT2D eigenvalue weighted by Gasteiger charge is -2.34. The normalized spacial score (nSPS) is 16.5. The van der Waals surface area contributed by atoms with E-state index >= 15 is 0 Å². The Bertz CT molecular complexity index is 528. The molecule has 102 valence electrons. The summed E-state index contributed by atoms with van der Waals surface area (Å²) in [5.74, 6) is 2.00. The summed E-state index contributed by atoms with van der Waals surface area (Å²) in [6.07, 6.45) is 3.06. The van der Waals surface area contributed by atoms with Crippen molar-refractivity contribution in [3.8, 4) is 0 Å². The molecule has 0 spiro atoms. The lowest BCUT2D eigenvalue weighted by atomic mass is 9.77. The zero-order valence-corrected chi connectivity index (χ0v) is 12.0. The molecule has 0 saturated heterocycles. The first-order valence-electron chi connectivity index (χ1n) is 6.06. The molecule has 1 aliphatic carbocycles. The topological polar surface area (TPSA) is 64.9 Å². The number of aromatic nitrogens is 2. The Balaban J connectivity index is 0.00000133. The van der Waals surface area contributed by atoms with Gasteiger partial charge in [0.05, 0.1) is 11.3 Å². The van der Waals surface area contributed by atoms with Gasteiger partial charge in [-0.1, -0.05) is 23.4 Å². The third-order valence-corrected chi connectivity index (χ3v) is 4.26. The van der Waals surface area contributed by atoms with Crippen molar-refractivity contribution in [1.29, 1.82) is 0 Å². The Morgan fingerprint density at radius 3 is 2.63 bits per heavy atom. The van der Waals surface area contributed by atoms with Crippen molar-refractivity contribution in [2.45, 2.75) is 35.4 Å². The molecular weight excluding hydrogens is 282 g/mol. The molecule has 19 heavy (non-hydrogen) atoms. The van der Waals surface area contributed by atoms with Crippen molar-refractivity contribution in [2.24, 2.45) is 5.73 Å². The summed E-state index contributed by atoms with van der Waals surface area (Å²) < 4.78 is 5.25. The van der Waals surface area contributed by atoms with Crippen molar-refractivity contribution >= 4 is 24.2 Å². The third-order valence-electron chi connectivity index (χ3n) is 3.26. The Morgan fingerprint density at radius 2 is 2.00 bits per heavy atom. The first-order valence-corrected chi connectivity index (χ1v) is 7.05. The summed E-state index contributed by atoms with van der Waals surface area (Å²) >= 11 is 1.69. The van der Waals surface area contributed by atoms with E-state index in [1.807, 2.05) is 18.2 Å². The average Bonchev–Trinajstić information content (AvgIpc) is 2.84. The zero-order chi connectivity index (χ0) is 12.4. The predicted octanol–water partition coefficient (Wildman–Crippen LogP) is 3.12. The highest BCUT2D eigenvalue weighted by Crippen LogP contribution is 2.37. The number of rotatable bonds is 4. The summed E-state index contributed by atoms with van der Waals surface area (Å²) in [5.41, 5.74) is 5.82. The minimum Gasteiger partial charge on any atom is -0.338 e. The maximum atomic E-state index is 6.15. The molecule has 1 aromatic carbocycles. The molecule has 1 saturated carbocycles. The van der Waals surface area contributed by atoms with Gasteiger partial charge in [-0.15, -0.1) is 24.2 Å². The van der Waals surface area contributed by atoms with E-state index in [0.29, 0.717) is 17.5 Å². The molecule has 1 fully saturated rings. The maximum absolute atomic E-state index is 6.15. The first kappa shape index (κ1) is 14.4. The average molecular weight is 298 g/mol. The summed E-state index contributed by atoms with van der Waals surface area (Å²) in [6.45, 7) is 0. The largest absolute Gasteiger partial charge is 0.338 e. The van der Waals surface area contributed by atoms with Gasteiger partial charge in [-0.25, -0.2) is 0 Å². The summed E-state index contributed by atoms with van der Waals surface area (Å²) in [6, 6.07) is 10.2. The number of hydrogen-bond donors (Lipinski definition) is 1. The van der Waals surface area contributed by atoms with Gasteiger partial charge in [-0.05, 0) is 31.4 Å². The maximum Gasteiger partial charge on any atom is 0.237 e. The molecule has 2 aromatic rings. The van der Waals surface area contributed by atoms with Crippen LogP contribution in [0.4, 0.5) is 0 Å². The summed E-state index contributed by atoms with van der Waals surface area (Å²) in [7, 11) is 0. The second kappa shape index (κ2) is 5.94. The van der Waals surface area contributed by atoms with Gasteiger partial charge >= 0.3 is 0 Å². The molecule has 3 rings (SSSR count). The van der Waals surface area contributed by atoms with E-state index in [1.54, 1.807) is 11.8 Å². The van der Waals surface area contributed by atoms with Gasteiger partial charge in [0.25, 0.3) is 0 Å². The van der Waals surface area contributed by atoms with Crippen molar-refractivity contribution in [1.82, 2.24) is 10.1 Å². The Labute approximate surface area is 122 Å². The van der Waals surface area contributed by atoms with Crippen LogP contribution in [0.2, 0.25) is 0 Å². The molecular formula is C13H16ClN3OS. The molecule has 0 aliphatic heterocycles.